The van der Waals surface area contributed by atoms with E-state index in [1.54, 1.807) is 19.2 Å². The average Bonchev–Trinajstić information content (AvgIpc) is 2.75. The Hall–Kier alpha value is -2.96. The first-order valence-electron chi connectivity index (χ1n) is 9.89. The van der Waals surface area contributed by atoms with Crippen molar-refractivity contribution >= 4 is 21.6 Å². The lowest BCUT2D eigenvalue weighted by atomic mass is 10.1. The van der Waals surface area contributed by atoms with Gasteiger partial charge < -0.3 is 5.32 Å². The SMILES string of the molecule is CN(Cc1ccccc1)S(=O)(=O)c1ccc(NC(=O)CCCc2ccccc2)cc1. The van der Waals surface area contributed by atoms with Crippen molar-refractivity contribution in [2.45, 2.75) is 30.7 Å². The highest BCUT2D eigenvalue weighted by atomic mass is 32.2. The second-order valence-electron chi connectivity index (χ2n) is 7.16. The van der Waals surface area contributed by atoms with E-state index in [-0.39, 0.29) is 10.8 Å². The topological polar surface area (TPSA) is 66.5 Å². The molecule has 0 fully saturated rings. The molecule has 0 aliphatic rings. The van der Waals surface area contributed by atoms with Crippen molar-refractivity contribution in [3.8, 4) is 0 Å². The van der Waals surface area contributed by atoms with Gasteiger partial charge >= 0.3 is 0 Å². The van der Waals surface area contributed by atoms with Crippen LogP contribution in [0.25, 0.3) is 0 Å². The maximum absolute atomic E-state index is 12.8. The number of hydrogen-bond donors (Lipinski definition) is 1. The molecule has 3 rings (SSSR count). The summed E-state index contributed by atoms with van der Waals surface area (Å²) in [7, 11) is -2.05. The lowest BCUT2D eigenvalue weighted by Crippen LogP contribution is -2.26. The van der Waals surface area contributed by atoms with Gasteiger partial charge in [0.25, 0.3) is 0 Å². The van der Waals surface area contributed by atoms with E-state index in [2.05, 4.69) is 5.32 Å². The molecular formula is C24H26N2O3S. The molecule has 1 amide bonds. The molecule has 3 aromatic carbocycles. The standard InChI is InChI=1S/C24H26N2O3S/c1-26(19-21-11-6-3-7-12-21)30(28,29)23-17-15-22(16-18-23)25-24(27)14-8-13-20-9-4-2-5-10-20/h2-7,9-12,15-18H,8,13-14,19H2,1H3,(H,25,27). The highest BCUT2D eigenvalue weighted by molar-refractivity contribution is 7.89. The molecule has 0 aliphatic carbocycles. The summed E-state index contributed by atoms with van der Waals surface area (Å²) < 4.78 is 26.9. The monoisotopic (exact) mass is 422 g/mol. The number of anilines is 1. The summed E-state index contributed by atoms with van der Waals surface area (Å²) in [5, 5.41) is 2.83. The second-order valence-corrected chi connectivity index (χ2v) is 9.20. The number of nitrogens with zero attached hydrogens (tertiary/aromatic N) is 1. The Morgan fingerprint density at radius 1 is 0.833 bits per heavy atom. The van der Waals surface area contributed by atoms with Crippen LogP contribution in [0.4, 0.5) is 5.69 Å². The highest BCUT2D eigenvalue weighted by Crippen LogP contribution is 2.19. The molecule has 0 unspecified atom stereocenters. The summed E-state index contributed by atoms with van der Waals surface area (Å²) >= 11 is 0. The molecule has 0 atom stereocenters. The van der Waals surface area contributed by atoms with Crippen LogP contribution in [0, 0.1) is 0 Å². The molecule has 3 aromatic rings. The minimum absolute atomic E-state index is 0.0808. The van der Waals surface area contributed by atoms with Gasteiger partial charge in [-0.2, -0.15) is 4.31 Å². The zero-order valence-corrected chi connectivity index (χ0v) is 17.8. The molecular weight excluding hydrogens is 396 g/mol. The van der Waals surface area contributed by atoms with Crippen LogP contribution in [0.2, 0.25) is 0 Å². The lowest BCUT2D eigenvalue weighted by Gasteiger charge is -2.17. The van der Waals surface area contributed by atoms with Crippen LogP contribution >= 0.6 is 0 Å². The van der Waals surface area contributed by atoms with Crippen molar-refractivity contribution < 1.29 is 13.2 Å². The molecule has 0 aliphatic heterocycles. The molecule has 0 aromatic heterocycles. The van der Waals surface area contributed by atoms with Crippen LogP contribution in [0.5, 0.6) is 0 Å². The van der Waals surface area contributed by atoms with Gasteiger partial charge in [-0.25, -0.2) is 8.42 Å². The molecule has 1 N–H and O–H groups in total. The molecule has 6 heteroatoms. The van der Waals surface area contributed by atoms with E-state index >= 15 is 0 Å². The van der Waals surface area contributed by atoms with Crippen molar-refractivity contribution in [2.75, 3.05) is 12.4 Å². The third kappa shape index (κ3) is 6.02. The van der Waals surface area contributed by atoms with Crippen molar-refractivity contribution in [1.29, 1.82) is 0 Å². The van der Waals surface area contributed by atoms with Crippen molar-refractivity contribution in [3.05, 3.63) is 96.1 Å². The summed E-state index contributed by atoms with van der Waals surface area (Å²) in [5.41, 5.74) is 2.71. The minimum Gasteiger partial charge on any atom is -0.326 e. The zero-order valence-electron chi connectivity index (χ0n) is 17.0. The number of carbonyl (C=O) groups is 1. The largest absolute Gasteiger partial charge is 0.326 e. The van der Waals surface area contributed by atoms with Crippen LogP contribution in [-0.4, -0.2) is 25.7 Å². The normalized spacial score (nSPS) is 11.4. The molecule has 156 valence electrons. The molecule has 0 radical (unpaired) electrons. The van der Waals surface area contributed by atoms with Gasteiger partial charge in [-0.15, -0.1) is 0 Å². The van der Waals surface area contributed by atoms with Crippen LogP contribution < -0.4 is 5.32 Å². The third-order valence-electron chi connectivity index (χ3n) is 4.81. The number of carbonyl (C=O) groups excluding carboxylic acids is 1. The van der Waals surface area contributed by atoms with E-state index in [0.717, 1.165) is 18.4 Å². The van der Waals surface area contributed by atoms with Crippen molar-refractivity contribution in [1.82, 2.24) is 4.31 Å². The van der Waals surface area contributed by atoms with Crippen LogP contribution in [0.3, 0.4) is 0 Å². The predicted octanol–water partition coefficient (Wildman–Crippen LogP) is 4.47. The smallest absolute Gasteiger partial charge is 0.243 e. The van der Waals surface area contributed by atoms with Gasteiger partial charge in [0, 0.05) is 25.7 Å². The quantitative estimate of drug-likeness (QED) is 0.553. The fourth-order valence-electron chi connectivity index (χ4n) is 3.14. The van der Waals surface area contributed by atoms with Gasteiger partial charge in [-0.1, -0.05) is 60.7 Å². The van der Waals surface area contributed by atoms with E-state index in [9.17, 15) is 13.2 Å². The van der Waals surface area contributed by atoms with Crippen molar-refractivity contribution in [3.63, 3.8) is 0 Å². The van der Waals surface area contributed by atoms with Gasteiger partial charge in [0.2, 0.25) is 15.9 Å². The first kappa shape index (κ1) is 21.7. The molecule has 0 saturated carbocycles. The van der Waals surface area contributed by atoms with E-state index in [1.165, 1.54) is 22.0 Å². The van der Waals surface area contributed by atoms with Gasteiger partial charge in [0.05, 0.1) is 4.90 Å². The van der Waals surface area contributed by atoms with Crippen molar-refractivity contribution in [2.24, 2.45) is 0 Å². The minimum atomic E-state index is -3.61. The predicted molar refractivity (Wildman–Crippen MR) is 120 cm³/mol. The van der Waals surface area contributed by atoms with Gasteiger partial charge in [0.1, 0.15) is 0 Å². The number of amides is 1. The van der Waals surface area contributed by atoms with Gasteiger partial charge in [0.15, 0.2) is 0 Å². The number of rotatable bonds is 9. The Morgan fingerprint density at radius 3 is 2.00 bits per heavy atom. The molecule has 0 spiro atoms. The van der Waals surface area contributed by atoms with Gasteiger partial charge in [-0.3, -0.25) is 4.79 Å². The third-order valence-corrected chi connectivity index (χ3v) is 6.62. The number of sulfonamides is 1. The van der Waals surface area contributed by atoms with Crippen LogP contribution in [0.15, 0.2) is 89.8 Å². The molecule has 30 heavy (non-hydrogen) atoms. The zero-order chi connectivity index (χ0) is 21.4. The fraction of sp³-hybridized carbons (Fsp3) is 0.208. The Labute approximate surface area is 178 Å². The Kier molecular flexibility index (Phi) is 7.38. The maximum atomic E-state index is 12.8. The van der Waals surface area contributed by atoms with Crippen LogP contribution in [0.1, 0.15) is 24.0 Å². The summed E-state index contributed by atoms with van der Waals surface area (Å²) in [6.07, 6.45) is 2.01. The van der Waals surface area contributed by atoms with E-state index in [0.29, 0.717) is 18.7 Å². The maximum Gasteiger partial charge on any atom is 0.243 e. The number of benzene rings is 3. The molecule has 5 nitrogen and oxygen atoms in total. The first-order valence-corrected chi connectivity index (χ1v) is 11.3. The number of nitrogens with one attached hydrogen (secondary N) is 1. The first-order chi connectivity index (χ1) is 14.4. The van der Waals surface area contributed by atoms with E-state index in [4.69, 9.17) is 0 Å². The summed E-state index contributed by atoms with van der Waals surface area (Å²) in [4.78, 5) is 12.4. The second kappa shape index (κ2) is 10.2. The summed E-state index contributed by atoms with van der Waals surface area (Å²) in [6.45, 7) is 0.295. The van der Waals surface area contributed by atoms with E-state index in [1.807, 2.05) is 60.7 Å². The fourth-order valence-corrected chi connectivity index (χ4v) is 4.30. The number of aryl methyl sites for hydroxylation is 1. The summed E-state index contributed by atoms with van der Waals surface area (Å²) in [5.74, 6) is -0.0808. The van der Waals surface area contributed by atoms with E-state index < -0.39 is 10.0 Å². The average molecular weight is 423 g/mol. The van der Waals surface area contributed by atoms with Gasteiger partial charge in [-0.05, 0) is 48.2 Å². The Balaban J connectivity index is 1.53. The Bertz CT molecular complexity index is 1050. The Morgan fingerprint density at radius 2 is 1.40 bits per heavy atom. The lowest BCUT2D eigenvalue weighted by molar-refractivity contribution is -0.116. The highest BCUT2D eigenvalue weighted by Gasteiger charge is 2.20. The number of hydrogen-bond acceptors (Lipinski definition) is 3. The molecule has 0 saturated heterocycles. The summed E-state index contributed by atoms with van der Waals surface area (Å²) in [6, 6.07) is 25.8. The van der Waals surface area contributed by atoms with Crippen LogP contribution in [-0.2, 0) is 27.8 Å². The molecule has 0 heterocycles. The molecule has 0 bridgehead atoms.